The zero-order valence-electron chi connectivity index (χ0n) is 36.1. The van der Waals surface area contributed by atoms with E-state index >= 15 is 0 Å². The largest absolute Gasteiger partial charge is 0.497 e. The highest BCUT2D eigenvalue weighted by molar-refractivity contribution is 5.91. The minimum Gasteiger partial charge on any atom is -0.497 e. The van der Waals surface area contributed by atoms with Crippen molar-refractivity contribution in [3.8, 4) is 39.1 Å². The third-order valence-electron chi connectivity index (χ3n) is 14.0. The fraction of sp³-hybridized carbons (Fsp3) is 0.0476. The van der Waals surface area contributed by atoms with Gasteiger partial charge in [-0.1, -0.05) is 206 Å². The van der Waals surface area contributed by atoms with Gasteiger partial charge in [-0.15, -0.1) is 0 Å². The number of methoxy groups -OCH3 is 1. The van der Waals surface area contributed by atoms with E-state index in [0.29, 0.717) is 0 Å². The van der Waals surface area contributed by atoms with Crippen LogP contribution in [-0.2, 0) is 10.8 Å². The van der Waals surface area contributed by atoms with Crippen molar-refractivity contribution in [1.82, 2.24) is 0 Å². The lowest BCUT2D eigenvalue weighted by Crippen LogP contribution is -2.29. The predicted molar refractivity (Wildman–Crippen MR) is 268 cm³/mol. The summed E-state index contributed by atoms with van der Waals surface area (Å²) in [5.74, 6) is 0.847. The number of nitrogens with zero attached hydrogens (tertiary/aromatic N) is 1. The molecule has 12 rings (SSSR count). The Morgan fingerprint density at radius 3 is 1.08 bits per heavy atom. The summed E-state index contributed by atoms with van der Waals surface area (Å²) in [7, 11) is 1.71. The van der Waals surface area contributed by atoms with Crippen molar-refractivity contribution in [2.24, 2.45) is 0 Å². The number of ether oxygens (including phenoxy) is 1. The molecule has 0 aliphatic heterocycles. The van der Waals surface area contributed by atoms with Crippen LogP contribution in [0.3, 0.4) is 0 Å². The number of hydrogen-bond acceptors (Lipinski definition) is 2. The van der Waals surface area contributed by atoms with Crippen LogP contribution >= 0.6 is 0 Å². The van der Waals surface area contributed by atoms with E-state index in [4.69, 9.17) is 4.74 Å². The van der Waals surface area contributed by atoms with Gasteiger partial charge in [0.2, 0.25) is 0 Å². The van der Waals surface area contributed by atoms with Gasteiger partial charge in [-0.2, -0.15) is 0 Å². The third-order valence-corrected chi connectivity index (χ3v) is 14.0. The molecule has 10 aromatic rings. The van der Waals surface area contributed by atoms with Crippen LogP contribution in [0.2, 0.25) is 0 Å². The molecule has 0 atom stereocenters. The lowest BCUT2D eigenvalue weighted by Gasteiger charge is -2.35. The van der Waals surface area contributed by atoms with E-state index in [0.717, 1.165) is 33.9 Å². The Bertz CT molecular complexity index is 3240. The van der Waals surface area contributed by atoms with E-state index in [2.05, 4.69) is 248 Å². The Labute approximate surface area is 381 Å². The van der Waals surface area contributed by atoms with Gasteiger partial charge in [0, 0.05) is 17.1 Å². The van der Waals surface area contributed by atoms with Crippen molar-refractivity contribution in [2.75, 3.05) is 12.0 Å². The van der Waals surface area contributed by atoms with Gasteiger partial charge in [0.05, 0.1) is 17.9 Å². The van der Waals surface area contributed by atoms with Crippen LogP contribution in [0.4, 0.5) is 17.1 Å². The first kappa shape index (κ1) is 38.5. The lowest BCUT2D eigenvalue weighted by atomic mass is 9.67. The Balaban J connectivity index is 1.06. The summed E-state index contributed by atoms with van der Waals surface area (Å²) in [6.07, 6.45) is 0. The van der Waals surface area contributed by atoms with Crippen molar-refractivity contribution in [2.45, 2.75) is 10.8 Å². The Morgan fingerprint density at radius 2 is 0.631 bits per heavy atom. The molecule has 10 aromatic carbocycles. The molecule has 2 nitrogen and oxygen atoms in total. The molecule has 0 spiro atoms. The topological polar surface area (TPSA) is 12.5 Å². The maximum atomic E-state index is 5.48. The molecule has 0 amide bonds. The molecule has 0 saturated heterocycles. The molecule has 0 bridgehead atoms. The molecule has 0 fully saturated rings. The van der Waals surface area contributed by atoms with Crippen LogP contribution in [0, 0.1) is 0 Å². The quantitative estimate of drug-likeness (QED) is 0.144. The smallest absolute Gasteiger partial charge is 0.118 e. The number of anilines is 3. The highest BCUT2D eigenvalue weighted by atomic mass is 16.5. The SMILES string of the molecule is COc1ccc(-c2ccc(N(c3ccc(C4(c5ccccc5)c5ccccc5-c5ccccc54)cc3)c3ccc4c(c3)C(c3ccccc3)(c3ccccc3)c3ccccc3-4)cc2)cc1. The van der Waals surface area contributed by atoms with Crippen LogP contribution in [0.5, 0.6) is 5.75 Å². The van der Waals surface area contributed by atoms with Crippen LogP contribution in [0.1, 0.15) is 44.5 Å². The van der Waals surface area contributed by atoms with E-state index < -0.39 is 10.8 Å². The van der Waals surface area contributed by atoms with Gasteiger partial charge in [0.15, 0.2) is 0 Å². The molecule has 0 heterocycles. The molecule has 2 heteroatoms. The number of benzene rings is 10. The molecule has 0 radical (unpaired) electrons. The van der Waals surface area contributed by atoms with Gasteiger partial charge < -0.3 is 9.64 Å². The minimum atomic E-state index is -0.524. The van der Waals surface area contributed by atoms with Crippen molar-refractivity contribution in [3.05, 3.63) is 299 Å². The summed E-state index contributed by atoms with van der Waals surface area (Å²) in [5, 5.41) is 0. The monoisotopic (exact) mass is 831 g/mol. The van der Waals surface area contributed by atoms with Gasteiger partial charge in [-0.05, 0) is 126 Å². The van der Waals surface area contributed by atoms with Gasteiger partial charge in [-0.25, -0.2) is 0 Å². The average Bonchev–Trinajstić information content (AvgIpc) is 3.86. The summed E-state index contributed by atoms with van der Waals surface area (Å²) in [6, 6.07) is 93.8. The Morgan fingerprint density at radius 1 is 0.292 bits per heavy atom. The second-order valence-electron chi connectivity index (χ2n) is 17.1. The molecule has 0 N–H and O–H groups in total. The van der Waals surface area contributed by atoms with Crippen LogP contribution in [-0.4, -0.2) is 7.11 Å². The molecule has 65 heavy (non-hydrogen) atoms. The Hall–Kier alpha value is -8.20. The fourth-order valence-corrected chi connectivity index (χ4v) is 11.2. The summed E-state index contributed by atoms with van der Waals surface area (Å²) >= 11 is 0. The van der Waals surface area contributed by atoms with Crippen molar-refractivity contribution >= 4 is 17.1 Å². The van der Waals surface area contributed by atoms with Crippen LogP contribution in [0.15, 0.2) is 255 Å². The number of rotatable bonds is 9. The Kier molecular flexibility index (Phi) is 9.21. The van der Waals surface area contributed by atoms with E-state index in [9.17, 15) is 0 Å². The molecule has 2 aliphatic carbocycles. The van der Waals surface area contributed by atoms with E-state index in [1.165, 1.54) is 66.8 Å². The normalized spacial score (nSPS) is 13.6. The molecule has 0 saturated carbocycles. The van der Waals surface area contributed by atoms with E-state index in [1.807, 2.05) is 12.1 Å². The average molecular weight is 832 g/mol. The van der Waals surface area contributed by atoms with Crippen LogP contribution in [0.25, 0.3) is 33.4 Å². The van der Waals surface area contributed by atoms with E-state index in [-0.39, 0.29) is 0 Å². The van der Waals surface area contributed by atoms with Gasteiger partial charge in [0.1, 0.15) is 5.75 Å². The standard InChI is InChI=1S/C63H45NO/c1-65-53-40-31-45(32-41-53)44-29-35-50(36-30-44)64(51-37-33-49(34-38-51)62(46-17-5-2-6-18-46)58-26-14-11-23-54(58)55-24-12-15-27-59(55)62)52-39-42-57-56-25-13-16-28-60(56)63(61(57)43-52,47-19-7-3-8-20-47)48-21-9-4-10-22-48/h2-43H,1H3. The first-order valence-corrected chi connectivity index (χ1v) is 22.4. The second kappa shape index (κ2) is 15.6. The maximum Gasteiger partial charge on any atom is 0.118 e. The predicted octanol–water partition coefficient (Wildman–Crippen LogP) is 15.6. The fourth-order valence-electron chi connectivity index (χ4n) is 11.2. The molecule has 308 valence electrons. The third kappa shape index (κ3) is 5.88. The molecular weight excluding hydrogens is 787 g/mol. The molecule has 2 aliphatic rings. The molecular formula is C63H45NO. The van der Waals surface area contributed by atoms with Gasteiger partial charge in [0.25, 0.3) is 0 Å². The summed E-state index contributed by atoms with van der Waals surface area (Å²) < 4.78 is 5.48. The summed E-state index contributed by atoms with van der Waals surface area (Å²) in [6.45, 7) is 0. The molecule has 0 unspecified atom stereocenters. The van der Waals surface area contributed by atoms with Crippen LogP contribution < -0.4 is 9.64 Å². The summed E-state index contributed by atoms with van der Waals surface area (Å²) in [4.78, 5) is 2.43. The number of hydrogen-bond donors (Lipinski definition) is 0. The highest BCUT2D eigenvalue weighted by Gasteiger charge is 2.47. The van der Waals surface area contributed by atoms with E-state index in [1.54, 1.807) is 7.11 Å². The minimum absolute atomic E-state index is 0.484. The first-order chi connectivity index (χ1) is 32.2. The highest BCUT2D eigenvalue weighted by Crippen LogP contribution is 2.58. The van der Waals surface area contributed by atoms with Crippen molar-refractivity contribution in [1.29, 1.82) is 0 Å². The zero-order chi connectivity index (χ0) is 43.4. The van der Waals surface area contributed by atoms with Crippen molar-refractivity contribution < 1.29 is 4.74 Å². The zero-order valence-corrected chi connectivity index (χ0v) is 36.1. The van der Waals surface area contributed by atoms with Gasteiger partial charge in [-0.3, -0.25) is 0 Å². The first-order valence-electron chi connectivity index (χ1n) is 22.4. The van der Waals surface area contributed by atoms with Crippen molar-refractivity contribution in [3.63, 3.8) is 0 Å². The summed E-state index contributed by atoms with van der Waals surface area (Å²) in [5.41, 5.74) is 19.8. The lowest BCUT2D eigenvalue weighted by molar-refractivity contribution is 0.415. The second-order valence-corrected chi connectivity index (χ2v) is 17.1. The maximum absolute atomic E-state index is 5.48. The van der Waals surface area contributed by atoms with Gasteiger partial charge >= 0.3 is 0 Å². The molecule has 0 aromatic heterocycles. The number of fused-ring (bicyclic) bond motifs is 6.